The molecule has 0 aliphatic rings. The van der Waals surface area contributed by atoms with Crippen molar-refractivity contribution < 1.29 is 14.7 Å². The molecule has 0 heterocycles. The molecule has 0 radical (unpaired) electrons. The van der Waals surface area contributed by atoms with Gasteiger partial charge in [-0.3, -0.25) is 4.79 Å². The molecule has 0 unspecified atom stereocenters. The summed E-state index contributed by atoms with van der Waals surface area (Å²) in [5.74, 6) is -1.35. The van der Waals surface area contributed by atoms with E-state index < -0.39 is 5.97 Å². The predicted molar refractivity (Wildman–Crippen MR) is 83.9 cm³/mol. The van der Waals surface area contributed by atoms with Crippen molar-refractivity contribution in [1.29, 1.82) is 0 Å². The highest BCUT2D eigenvalue weighted by Gasteiger charge is 2.29. The van der Waals surface area contributed by atoms with Crippen LogP contribution in [0.2, 0.25) is 0 Å². The minimum absolute atomic E-state index is 0.102. The van der Waals surface area contributed by atoms with Gasteiger partial charge in [0.2, 0.25) is 0 Å². The van der Waals surface area contributed by atoms with E-state index in [2.05, 4.69) is 5.32 Å². The smallest absolute Gasteiger partial charge is 0.336 e. The van der Waals surface area contributed by atoms with E-state index >= 15 is 0 Å². The first kappa shape index (κ1) is 17.2. The number of carbonyl (C=O) groups is 2. The summed E-state index contributed by atoms with van der Waals surface area (Å²) >= 11 is 0. The van der Waals surface area contributed by atoms with Crippen LogP contribution in [0.15, 0.2) is 12.1 Å². The molecule has 0 saturated carbocycles. The van der Waals surface area contributed by atoms with Crippen LogP contribution in [-0.4, -0.2) is 22.5 Å². The lowest BCUT2D eigenvalue weighted by molar-refractivity contribution is 0.0687. The quantitative estimate of drug-likeness (QED) is 0.839. The molecule has 0 aliphatic heterocycles. The summed E-state index contributed by atoms with van der Waals surface area (Å²) in [6.07, 6.45) is 2.46. The van der Waals surface area contributed by atoms with Crippen LogP contribution in [0.1, 0.15) is 71.9 Å². The van der Waals surface area contributed by atoms with E-state index in [4.69, 9.17) is 0 Å². The fourth-order valence-corrected chi connectivity index (χ4v) is 2.70. The molecule has 0 aliphatic carbocycles. The molecule has 4 heteroatoms. The Kier molecular flexibility index (Phi) is 5.53. The van der Waals surface area contributed by atoms with Gasteiger partial charge in [0.15, 0.2) is 0 Å². The molecule has 21 heavy (non-hydrogen) atoms. The zero-order chi connectivity index (χ0) is 16.2. The number of carboxylic acid groups (broad SMARTS) is 1. The highest BCUT2D eigenvalue weighted by Crippen LogP contribution is 2.23. The number of benzene rings is 1. The summed E-state index contributed by atoms with van der Waals surface area (Å²) in [7, 11) is 0. The second kappa shape index (κ2) is 6.74. The second-order valence-corrected chi connectivity index (χ2v) is 5.55. The molecule has 1 aromatic carbocycles. The number of carbonyl (C=O) groups excluding carboxylic acids is 1. The fraction of sp³-hybridized carbons (Fsp3) is 0.529. The van der Waals surface area contributed by atoms with Gasteiger partial charge in [0, 0.05) is 5.54 Å². The van der Waals surface area contributed by atoms with Gasteiger partial charge in [-0.05, 0) is 44.2 Å². The Balaban J connectivity index is 3.31. The number of hydrogen-bond acceptors (Lipinski definition) is 2. The summed E-state index contributed by atoms with van der Waals surface area (Å²) in [5, 5.41) is 12.5. The normalized spacial score (nSPS) is 11.3. The van der Waals surface area contributed by atoms with Crippen molar-refractivity contribution in [3.63, 3.8) is 0 Å². The van der Waals surface area contributed by atoms with Crippen LogP contribution in [0, 0.1) is 13.8 Å². The standard InChI is InChI=1S/C17H25NO3/c1-6-17(7-2,8-3)18-15(19)13-11(4)9-10-12(5)14(13)16(20)21/h9-10H,6-8H2,1-5H3,(H,18,19)(H,20,21). The molecule has 1 rings (SSSR count). The zero-order valence-electron chi connectivity index (χ0n) is 13.5. The monoisotopic (exact) mass is 291 g/mol. The topological polar surface area (TPSA) is 66.4 Å². The molecule has 1 aromatic rings. The first-order valence-electron chi connectivity index (χ1n) is 7.47. The minimum Gasteiger partial charge on any atom is -0.478 e. The lowest BCUT2D eigenvalue weighted by Crippen LogP contribution is -2.47. The van der Waals surface area contributed by atoms with Crippen LogP contribution in [0.5, 0.6) is 0 Å². The number of aromatic carboxylic acids is 1. The third-order valence-corrected chi connectivity index (χ3v) is 4.47. The van der Waals surface area contributed by atoms with Crippen LogP contribution in [0.3, 0.4) is 0 Å². The Bertz CT molecular complexity index is 537. The second-order valence-electron chi connectivity index (χ2n) is 5.55. The van der Waals surface area contributed by atoms with Crippen molar-refractivity contribution in [3.05, 3.63) is 34.4 Å². The Morgan fingerprint density at radius 2 is 1.43 bits per heavy atom. The van der Waals surface area contributed by atoms with Gasteiger partial charge < -0.3 is 10.4 Å². The van der Waals surface area contributed by atoms with Gasteiger partial charge in [0.05, 0.1) is 11.1 Å². The highest BCUT2D eigenvalue weighted by atomic mass is 16.4. The molecule has 0 saturated heterocycles. The Morgan fingerprint density at radius 3 is 1.81 bits per heavy atom. The first-order valence-corrected chi connectivity index (χ1v) is 7.47. The van der Waals surface area contributed by atoms with E-state index in [-0.39, 0.29) is 22.6 Å². The summed E-state index contributed by atoms with van der Waals surface area (Å²) in [6.45, 7) is 9.59. The van der Waals surface area contributed by atoms with Gasteiger partial charge in [-0.2, -0.15) is 0 Å². The fourth-order valence-electron chi connectivity index (χ4n) is 2.70. The van der Waals surface area contributed by atoms with Gasteiger partial charge in [0.1, 0.15) is 0 Å². The van der Waals surface area contributed by atoms with Crippen molar-refractivity contribution in [3.8, 4) is 0 Å². The van der Waals surface area contributed by atoms with Crippen LogP contribution in [0.4, 0.5) is 0 Å². The Morgan fingerprint density at radius 1 is 1.00 bits per heavy atom. The van der Waals surface area contributed by atoms with E-state index in [9.17, 15) is 14.7 Å². The van der Waals surface area contributed by atoms with Gasteiger partial charge in [-0.25, -0.2) is 4.79 Å². The van der Waals surface area contributed by atoms with Gasteiger partial charge >= 0.3 is 5.97 Å². The molecule has 0 atom stereocenters. The number of carboxylic acids is 1. The molecule has 116 valence electrons. The summed E-state index contributed by atoms with van der Waals surface area (Å²) in [5.41, 5.74) is 1.40. The number of aryl methyl sites for hydroxylation is 2. The number of rotatable bonds is 6. The van der Waals surface area contributed by atoms with Crippen LogP contribution < -0.4 is 5.32 Å². The van der Waals surface area contributed by atoms with Gasteiger partial charge in [0.25, 0.3) is 5.91 Å². The summed E-state index contributed by atoms with van der Waals surface area (Å²) in [6, 6.07) is 3.53. The molecule has 0 spiro atoms. The number of amides is 1. The molecule has 0 aromatic heterocycles. The lowest BCUT2D eigenvalue weighted by atomic mass is 9.88. The van der Waals surface area contributed by atoms with Crippen LogP contribution in [-0.2, 0) is 0 Å². The highest BCUT2D eigenvalue weighted by molar-refractivity contribution is 6.07. The third-order valence-electron chi connectivity index (χ3n) is 4.47. The molecule has 0 bridgehead atoms. The predicted octanol–water partition coefficient (Wildman–Crippen LogP) is 3.70. The van der Waals surface area contributed by atoms with Crippen LogP contribution in [0.25, 0.3) is 0 Å². The van der Waals surface area contributed by atoms with E-state index in [1.165, 1.54) is 0 Å². The maximum atomic E-state index is 12.7. The largest absolute Gasteiger partial charge is 0.478 e. The van der Waals surface area contributed by atoms with E-state index in [1.807, 2.05) is 20.8 Å². The van der Waals surface area contributed by atoms with Crippen molar-refractivity contribution in [2.24, 2.45) is 0 Å². The minimum atomic E-state index is -1.06. The summed E-state index contributed by atoms with van der Waals surface area (Å²) < 4.78 is 0. The van der Waals surface area contributed by atoms with Gasteiger partial charge in [-0.1, -0.05) is 32.9 Å². The molecular weight excluding hydrogens is 266 g/mol. The van der Waals surface area contributed by atoms with Gasteiger partial charge in [-0.15, -0.1) is 0 Å². The maximum Gasteiger partial charge on any atom is 0.336 e. The molecule has 4 nitrogen and oxygen atoms in total. The van der Waals surface area contributed by atoms with E-state index in [1.54, 1.807) is 26.0 Å². The number of hydrogen-bond donors (Lipinski definition) is 2. The van der Waals surface area contributed by atoms with E-state index in [0.717, 1.165) is 19.3 Å². The molecule has 1 amide bonds. The van der Waals surface area contributed by atoms with Crippen molar-refractivity contribution >= 4 is 11.9 Å². The molecule has 2 N–H and O–H groups in total. The Labute approximate surface area is 126 Å². The molecule has 0 fully saturated rings. The lowest BCUT2D eigenvalue weighted by Gasteiger charge is -2.32. The zero-order valence-corrected chi connectivity index (χ0v) is 13.5. The van der Waals surface area contributed by atoms with E-state index in [0.29, 0.717) is 11.1 Å². The average Bonchev–Trinajstić information content (AvgIpc) is 2.46. The first-order chi connectivity index (χ1) is 9.81. The van der Waals surface area contributed by atoms with Crippen molar-refractivity contribution in [1.82, 2.24) is 5.32 Å². The number of nitrogens with one attached hydrogen (secondary N) is 1. The average molecular weight is 291 g/mol. The van der Waals surface area contributed by atoms with Crippen molar-refractivity contribution in [2.75, 3.05) is 0 Å². The van der Waals surface area contributed by atoms with Crippen LogP contribution >= 0.6 is 0 Å². The van der Waals surface area contributed by atoms with Crippen molar-refractivity contribution in [2.45, 2.75) is 59.4 Å². The molecular formula is C17H25NO3. The summed E-state index contributed by atoms with van der Waals surface area (Å²) in [4.78, 5) is 24.2. The SMILES string of the molecule is CCC(CC)(CC)NC(=O)c1c(C)ccc(C)c1C(=O)O. The maximum absolute atomic E-state index is 12.7. The Hall–Kier alpha value is -1.84. The third kappa shape index (κ3) is 3.43.